The first-order valence-electron chi connectivity index (χ1n) is 16.9. The number of fused-ring (bicyclic) bond motifs is 1. The number of benzene rings is 5. The van der Waals surface area contributed by atoms with E-state index in [9.17, 15) is 4.79 Å². The van der Waals surface area contributed by atoms with Gasteiger partial charge in [0.25, 0.3) is 0 Å². The number of anilines is 2. The minimum Gasteiger partial charge on any atom is -0.442 e. The van der Waals surface area contributed by atoms with Crippen LogP contribution in [0.4, 0.5) is 11.4 Å². The molecule has 1 aliphatic rings. The largest absolute Gasteiger partial charge is 0.442 e. The Balaban J connectivity index is 1.78. The van der Waals surface area contributed by atoms with Crippen molar-refractivity contribution >= 4 is 92.2 Å². The number of hydrogen-bond donors (Lipinski definition) is 0. The highest BCUT2D eigenvalue weighted by molar-refractivity contribution is 9.15. The molecule has 8 heteroatoms. The number of esters is 1. The summed E-state index contributed by atoms with van der Waals surface area (Å²) in [5, 5.41) is 0. The van der Waals surface area contributed by atoms with Crippen molar-refractivity contribution in [2.75, 3.05) is 38.0 Å². The summed E-state index contributed by atoms with van der Waals surface area (Å²) in [6, 6.07) is 30.0. The summed E-state index contributed by atoms with van der Waals surface area (Å²) in [6.45, 7) is 8.45. The highest BCUT2D eigenvalue weighted by Gasteiger charge is 2.48. The van der Waals surface area contributed by atoms with Gasteiger partial charge in [-0.2, -0.15) is 0 Å². The quantitative estimate of drug-likeness (QED) is 0.0881. The number of ether oxygens (including phenoxy) is 1. The van der Waals surface area contributed by atoms with E-state index in [1.165, 1.54) is 0 Å². The Bertz CT molecular complexity index is 2150. The first-order chi connectivity index (χ1) is 24.6. The van der Waals surface area contributed by atoms with Crippen LogP contribution in [0.25, 0.3) is 11.1 Å². The zero-order valence-corrected chi connectivity index (χ0v) is 36.8. The molecule has 0 amide bonds. The van der Waals surface area contributed by atoms with E-state index >= 15 is 0 Å². The van der Waals surface area contributed by atoms with Crippen molar-refractivity contribution < 1.29 is 9.53 Å². The van der Waals surface area contributed by atoms with Gasteiger partial charge in [0, 0.05) is 63.0 Å². The molecule has 0 N–H and O–H groups in total. The Morgan fingerprint density at radius 1 is 0.577 bits per heavy atom. The van der Waals surface area contributed by atoms with Gasteiger partial charge in [-0.15, -0.1) is 0 Å². The first kappa shape index (κ1) is 38.3. The lowest BCUT2D eigenvalue weighted by Gasteiger charge is -2.28. The van der Waals surface area contributed by atoms with Gasteiger partial charge < -0.3 is 14.5 Å². The molecule has 1 aliphatic heterocycles. The van der Waals surface area contributed by atoms with E-state index in [0.717, 1.165) is 80.4 Å². The molecule has 6 rings (SSSR count). The van der Waals surface area contributed by atoms with Crippen molar-refractivity contribution in [3.8, 4) is 0 Å². The molecule has 0 bridgehead atoms. The molecule has 0 aliphatic carbocycles. The smallest absolute Gasteiger partial charge is 0.341 e. The summed E-state index contributed by atoms with van der Waals surface area (Å²) >= 11 is 15.2. The van der Waals surface area contributed by atoms with Gasteiger partial charge in [-0.1, -0.05) is 71.8 Å². The van der Waals surface area contributed by atoms with Crippen LogP contribution in [0.15, 0.2) is 115 Å². The third kappa shape index (κ3) is 7.24. The van der Waals surface area contributed by atoms with Crippen LogP contribution in [0.1, 0.15) is 60.4 Å². The van der Waals surface area contributed by atoms with Crippen LogP contribution >= 0.6 is 63.7 Å². The van der Waals surface area contributed by atoms with E-state index in [-0.39, 0.29) is 0 Å². The monoisotopic (exact) mass is 944 g/mol. The van der Waals surface area contributed by atoms with E-state index in [2.05, 4.69) is 198 Å². The molecule has 0 radical (unpaired) electrons. The van der Waals surface area contributed by atoms with Gasteiger partial charge in [0.15, 0.2) is 5.60 Å². The number of rotatable bonds is 8. The van der Waals surface area contributed by atoms with Crippen molar-refractivity contribution in [1.29, 1.82) is 0 Å². The third-order valence-electron chi connectivity index (χ3n) is 9.60. The molecule has 0 unspecified atom stereocenters. The van der Waals surface area contributed by atoms with Gasteiger partial charge in [-0.25, -0.2) is 4.79 Å². The maximum absolute atomic E-state index is 14.3. The maximum Gasteiger partial charge on any atom is 0.341 e. The minimum absolute atomic E-state index is 0.422. The average molecular weight is 948 g/mol. The lowest BCUT2D eigenvalue weighted by atomic mass is 9.82. The highest BCUT2D eigenvalue weighted by Crippen LogP contribution is 2.54. The summed E-state index contributed by atoms with van der Waals surface area (Å²) in [6.07, 6.45) is 4.27. The molecule has 266 valence electrons. The third-order valence-corrected chi connectivity index (χ3v) is 14.4. The van der Waals surface area contributed by atoms with Gasteiger partial charge in [-0.3, -0.25) is 0 Å². The Morgan fingerprint density at radius 3 is 1.37 bits per heavy atom. The molecular formula is C44H40Br4N2O2. The second-order valence-corrected chi connectivity index (χ2v) is 17.0. The van der Waals surface area contributed by atoms with E-state index in [1.54, 1.807) is 0 Å². The Kier molecular flexibility index (Phi) is 11.1. The summed E-state index contributed by atoms with van der Waals surface area (Å²) in [5.74, 6) is -0.422. The normalized spacial score (nSPS) is 14.0. The van der Waals surface area contributed by atoms with Crippen molar-refractivity contribution in [1.82, 2.24) is 0 Å². The maximum atomic E-state index is 14.3. The molecule has 0 aromatic heterocycles. The number of cyclic esters (lactones) is 1. The predicted molar refractivity (Wildman–Crippen MR) is 232 cm³/mol. The minimum atomic E-state index is -1.35. The molecule has 0 saturated heterocycles. The van der Waals surface area contributed by atoms with E-state index in [1.807, 2.05) is 28.2 Å². The van der Waals surface area contributed by atoms with Crippen LogP contribution in [0.3, 0.4) is 0 Å². The Labute approximate surface area is 341 Å². The standard InChI is InChI=1S/C44H40Br4N2O2/c1-25-9-13-29(14-10-25)35(33-19-17-31(49(5)6)21-27(33)3)23-44(38-37(43(51)52-44)39(45)41(47)42(48)40(38)46)24-36(30-15-11-26(2)12-16-30)34-20-18-32(50(7)8)22-28(34)4/h9-24H,1-8H3/b35-23+,36-24+. The van der Waals surface area contributed by atoms with Crippen molar-refractivity contribution in [3.63, 3.8) is 0 Å². The fourth-order valence-corrected chi connectivity index (χ4v) is 9.27. The van der Waals surface area contributed by atoms with Crippen molar-refractivity contribution in [3.05, 3.63) is 171 Å². The topological polar surface area (TPSA) is 32.8 Å². The van der Waals surface area contributed by atoms with Crippen LogP contribution in [-0.4, -0.2) is 34.2 Å². The van der Waals surface area contributed by atoms with Crippen molar-refractivity contribution in [2.24, 2.45) is 0 Å². The van der Waals surface area contributed by atoms with Gasteiger partial charge in [0.2, 0.25) is 0 Å². The SMILES string of the molecule is Cc1ccc(/C(=C\C2(/C=C(\c3ccc(C)cc3)c3ccc(N(C)C)cc3C)OC(=O)c3c(Br)c(Br)c(Br)c(Br)c32)c2ccc(N(C)C)cc2C)cc1. The molecule has 52 heavy (non-hydrogen) atoms. The van der Waals surface area contributed by atoms with Gasteiger partial charge in [0.1, 0.15) is 0 Å². The molecule has 4 nitrogen and oxygen atoms in total. The van der Waals surface area contributed by atoms with Crippen LogP contribution in [0.5, 0.6) is 0 Å². The van der Waals surface area contributed by atoms with E-state index < -0.39 is 11.6 Å². The second-order valence-electron chi connectivity index (χ2n) is 13.8. The zero-order valence-electron chi connectivity index (χ0n) is 30.5. The summed E-state index contributed by atoms with van der Waals surface area (Å²) in [4.78, 5) is 18.5. The van der Waals surface area contributed by atoms with E-state index in [4.69, 9.17) is 4.74 Å². The Hall–Kier alpha value is -3.43. The molecule has 0 fully saturated rings. The second kappa shape index (κ2) is 15.1. The number of aryl methyl sites for hydroxylation is 4. The zero-order chi connectivity index (χ0) is 37.6. The molecule has 1 heterocycles. The highest BCUT2D eigenvalue weighted by atomic mass is 79.9. The summed E-state index contributed by atoms with van der Waals surface area (Å²) in [7, 11) is 8.19. The average Bonchev–Trinajstić information content (AvgIpc) is 3.40. The van der Waals surface area contributed by atoms with Gasteiger partial charge in [-0.05, 0) is 172 Å². The van der Waals surface area contributed by atoms with Crippen LogP contribution in [0.2, 0.25) is 0 Å². The van der Waals surface area contributed by atoms with Crippen molar-refractivity contribution in [2.45, 2.75) is 33.3 Å². The number of carbonyl (C=O) groups is 1. The molecule has 5 aromatic carbocycles. The Morgan fingerprint density at radius 2 is 0.981 bits per heavy atom. The summed E-state index contributed by atoms with van der Waals surface area (Å²) in [5.41, 5.74) is 12.6. The molecule has 5 aromatic rings. The number of nitrogens with zero attached hydrogens (tertiary/aromatic N) is 2. The van der Waals surface area contributed by atoms with Crippen LogP contribution < -0.4 is 9.80 Å². The fraction of sp³-hybridized carbons (Fsp3) is 0.205. The van der Waals surface area contributed by atoms with E-state index in [0.29, 0.717) is 15.6 Å². The molecule has 0 spiro atoms. The van der Waals surface area contributed by atoms with Gasteiger partial charge in [0.05, 0.1) is 5.56 Å². The first-order valence-corrected chi connectivity index (χ1v) is 20.0. The lowest BCUT2D eigenvalue weighted by molar-refractivity contribution is 0.0298. The van der Waals surface area contributed by atoms with Gasteiger partial charge >= 0.3 is 5.97 Å². The molecule has 0 atom stereocenters. The number of halogens is 4. The predicted octanol–water partition coefficient (Wildman–Crippen LogP) is 12.7. The molecule has 0 saturated carbocycles. The van der Waals surface area contributed by atoms with Crippen LogP contribution in [0, 0.1) is 27.7 Å². The lowest BCUT2D eigenvalue weighted by Crippen LogP contribution is -2.23. The van der Waals surface area contributed by atoms with Crippen LogP contribution in [-0.2, 0) is 10.3 Å². The fourth-order valence-electron chi connectivity index (χ4n) is 6.68. The number of carbonyl (C=O) groups excluding carboxylic acids is 1. The summed E-state index contributed by atoms with van der Waals surface area (Å²) < 4.78 is 9.62. The molecular weight excluding hydrogens is 908 g/mol. The number of hydrogen-bond acceptors (Lipinski definition) is 4.